The maximum atomic E-state index is 12.8. The molecule has 1 aromatic rings. The number of halogens is 1. The van der Waals surface area contributed by atoms with Crippen molar-refractivity contribution in [2.45, 2.75) is 13.5 Å². The first-order valence-corrected chi connectivity index (χ1v) is 5.66. The number of hydrogen-bond acceptors (Lipinski definition) is 2. The smallest absolute Gasteiger partial charge is 0.307 e. The summed E-state index contributed by atoms with van der Waals surface area (Å²) >= 11 is 0. The second kappa shape index (κ2) is 6.77. The molecule has 0 aromatic heterocycles. The Hall–Kier alpha value is -1.86. The van der Waals surface area contributed by atoms with Crippen LogP contribution in [0, 0.1) is 24.1 Å². The van der Waals surface area contributed by atoms with Crippen molar-refractivity contribution < 1.29 is 14.3 Å². The molecule has 1 unspecified atom stereocenters. The van der Waals surface area contributed by atoms with Crippen molar-refractivity contribution in [2.75, 3.05) is 13.1 Å². The average Bonchev–Trinajstić information content (AvgIpc) is 2.32. The minimum Gasteiger partial charge on any atom is -0.481 e. The largest absolute Gasteiger partial charge is 0.481 e. The van der Waals surface area contributed by atoms with Gasteiger partial charge in [-0.15, -0.1) is 6.42 Å². The Morgan fingerprint density at radius 2 is 2.11 bits per heavy atom. The highest BCUT2D eigenvalue weighted by Gasteiger charge is 2.15. The molecule has 1 atom stereocenters. The van der Waals surface area contributed by atoms with Gasteiger partial charge in [0.25, 0.3) is 0 Å². The highest BCUT2D eigenvalue weighted by atomic mass is 19.1. The van der Waals surface area contributed by atoms with Crippen molar-refractivity contribution in [2.24, 2.45) is 5.92 Å². The fourth-order valence-electron chi connectivity index (χ4n) is 1.63. The number of carbonyl (C=O) groups is 1. The van der Waals surface area contributed by atoms with Gasteiger partial charge >= 0.3 is 5.97 Å². The summed E-state index contributed by atoms with van der Waals surface area (Å²) in [5, 5.41) is 8.87. The Balaban J connectivity index is 2.65. The number of carboxylic acids is 1. The summed E-state index contributed by atoms with van der Waals surface area (Å²) in [6, 6.07) is 6.10. The quantitative estimate of drug-likeness (QED) is 0.784. The number of carboxylic acid groups (broad SMARTS) is 1. The second-order valence-electron chi connectivity index (χ2n) is 4.24. The lowest BCUT2D eigenvalue weighted by Gasteiger charge is -2.21. The molecule has 1 N–H and O–H groups in total. The first-order chi connectivity index (χ1) is 8.52. The number of rotatable bonds is 6. The van der Waals surface area contributed by atoms with Crippen LogP contribution in [-0.2, 0) is 11.3 Å². The molecule has 0 saturated heterocycles. The number of nitrogens with zero attached hydrogens (tertiary/aromatic N) is 1. The van der Waals surface area contributed by atoms with Crippen molar-refractivity contribution in [1.29, 1.82) is 0 Å². The van der Waals surface area contributed by atoms with Crippen molar-refractivity contribution in [3.05, 3.63) is 35.6 Å². The molecule has 4 heteroatoms. The van der Waals surface area contributed by atoms with Crippen LogP contribution < -0.4 is 0 Å². The van der Waals surface area contributed by atoms with Crippen molar-refractivity contribution in [3.8, 4) is 12.3 Å². The molecule has 0 aliphatic rings. The van der Waals surface area contributed by atoms with E-state index in [0.29, 0.717) is 19.6 Å². The Morgan fingerprint density at radius 3 is 2.61 bits per heavy atom. The van der Waals surface area contributed by atoms with Crippen LogP contribution in [0.25, 0.3) is 0 Å². The van der Waals surface area contributed by atoms with E-state index in [4.69, 9.17) is 11.5 Å². The summed E-state index contributed by atoms with van der Waals surface area (Å²) in [4.78, 5) is 12.7. The summed E-state index contributed by atoms with van der Waals surface area (Å²) in [5.74, 6) is 0.874. The zero-order valence-corrected chi connectivity index (χ0v) is 10.3. The third-order valence-corrected chi connectivity index (χ3v) is 2.59. The van der Waals surface area contributed by atoms with Gasteiger partial charge in [0.15, 0.2) is 0 Å². The highest BCUT2D eigenvalue weighted by molar-refractivity contribution is 5.69. The third-order valence-electron chi connectivity index (χ3n) is 2.59. The van der Waals surface area contributed by atoms with Crippen LogP contribution in [0.2, 0.25) is 0 Å². The molecular formula is C14H16FNO2. The Bertz CT molecular complexity index is 436. The molecule has 0 spiro atoms. The van der Waals surface area contributed by atoms with E-state index in [0.717, 1.165) is 5.56 Å². The summed E-state index contributed by atoms with van der Waals surface area (Å²) in [7, 11) is 0. The fraction of sp³-hybridized carbons (Fsp3) is 0.357. The molecule has 0 saturated carbocycles. The molecule has 1 aromatic carbocycles. The van der Waals surface area contributed by atoms with Crippen LogP contribution in [0.15, 0.2) is 24.3 Å². The summed E-state index contributed by atoms with van der Waals surface area (Å²) in [5.41, 5.74) is 0.907. The van der Waals surface area contributed by atoms with Crippen molar-refractivity contribution in [3.63, 3.8) is 0 Å². The monoisotopic (exact) mass is 249 g/mol. The molecule has 0 amide bonds. The van der Waals surface area contributed by atoms with Gasteiger partial charge in [-0.25, -0.2) is 4.39 Å². The van der Waals surface area contributed by atoms with Gasteiger partial charge in [0.1, 0.15) is 5.82 Å². The van der Waals surface area contributed by atoms with E-state index in [1.54, 1.807) is 19.1 Å². The normalized spacial score (nSPS) is 12.1. The van der Waals surface area contributed by atoms with E-state index >= 15 is 0 Å². The Morgan fingerprint density at radius 1 is 1.50 bits per heavy atom. The van der Waals surface area contributed by atoms with Gasteiger partial charge in [0.05, 0.1) is 12.5 Å². The molecule has 0 bridgehead atoms. The maximum absolute atomic E-state index is 12.8. The molecule has 0 heterocycles. The van der Waals surface area contributed by atoms with Crippen LogP contribution >= 0.6 is 0 Å². The first kappa shape index (κ1) is 14.2. The highest BCUT2D eigenvalue weighted by Crippen LogP contribution is 2.08. The minimum absolute atomic E-state index is 0.291. The van der Waals surface area contributed by atoms with Crippen LogP contribution in [0.4, 0.5) is 4.39 Å². The predicted molar refractivity (Wildman–Crippen MR) is 67.3 cm³/mol. The summed E-state index contributed by atoms with van der Waals surface area (Å²) in [6.07, 6.45) is 5.26. The van der Waals surface area contributed by atoms with E-state index in [2.05, 4.69) is 5.92 Å². The fourth-order valence-corrected chi connectivity index (χ4v) is 1.63. The lowest BCUT2D eigenvalue weighted by molar-refractivity contribution is -0.141. The van der Waals surface area contributed by atoms with E-state index in [1.165, 1.54) is 12.1 Å². The van der Waals surface area contributed by atoms with Gasteiger partial charge in [-0.2, -0.15) is 0 Å². The van der Waals surface area contributed by atoms with Gasteiger partial charge < -0.3 is 5.11 Å². The summed E-state index contributed by atoms with van der Waals surface area (Å²) in [6.45, 7) is 2.89. The van der Waals surface area contributed by atoms with Crippen LogP contribution in [-0.4, -0.2) is 29.1 Å². The second-order valence-corrected chi connectivity index (χ2v) is 4.24. The molecule has 0 aliphatic heterocycles. The van der Waals surface area contributed by atoms with Gasteiger partial charge in [0.2, 0.25) is 0 Å². The molecule has 1 rings (SSSR count). The topological polar surface area (TPSA) is 40.5 Å². The van der Waals surface area contributed by atoms with E-state index in [1.807, 2.05) is 4.90 Å². The molecule has 0 fully saturated rings. The molecule has 96 valence electrons. The van der Waals surface area contributed by atoms with Gasteiger partial charge in [-0.05, 0) is 17.7 Å². The maximum Gasteiger partial charge on any atom is 0.307 e. The Kier molecular flexibility index (Phi) is 5.34. The van der Waals surface area contributed by atoms with Gasteiger partial charge in [-0.3, -0.25) is 9.69 Å². The summed E-state index contributed by atoms with van der Waals surface area (Å²) < 4.78 is 12.8. The molecule has 0 radical (unpaired) electrons. The lowest BCUT2D eigenvalue weighted by Crippen LogP contribution is -2.31. The molecule has 3 nitrogen and oxygen atoms in total. The number of aliphatic carboxylic acids is 1. The van der Waals surface area contributed by atoms with E-state index in [-0.39, 0.29) is 5.82 Å². The van der Waals surface area contributed by atoms with E-state index < -0.39 is 11.9 Å². The first-order valence-electron chi connectivity index (χ1n) is 5.66. The number of benzene rings is 1. The third kappa shape index (κ3) is 4.56. The number of hydrogen-bond donors (Lipinski definition) is 1. The SMILES string of the molecule is C#CCN(Cc1ccc(F)cc1)CC(C)C(=O)O. The molecule has 0 aliphatic carbocycles. The van der Waals surface area contributed by atoms with E-state index in [9.17, 15) is 9.18 Å². The zero-order chi connectivity index (χ0) is 13.5. The van der Waals surface area contributed by atoms with Crippen molar-refractivity contribution >= 4 is 5.97 Å². The number of terminal acetylenes is 1. The average molecular weight is 249 g/mol. The standard InChI is InChI=1S/C14H16FNO2/c1-3-8-16(9-11(2)14(17)18)10-12-4-6-13(15)7-5-12/h1,4-7,11H,8-10H2,2H3,(H,17,18). The van der Waals surface area contributed by atoms with Crippen LogP contribution in [0.5, 0.6) is 0 Å². The zero-order valence-electron chi connectivity index (χ0n) is 10.3. The van der Waals surface area contributed by atoms with Crippen LogP contribution in [0.1, 0.15) is 12.5 Å². The van der Waals surface area contributed by atoms with Gasteiger partial charge in [0, 0.05) is 13.1 Å². The molecule has 18 heavy (non-hydrogen) atoms. The minimum atomic E-state index is -0.851. The van der Waals surface area contributed by atoms with Crippen molar-refractivity contribution in [1.82, 2.24) is 4.90 Å². The van der Waals surface area contributed by atoms with Crippen LogP contribution in [0.3, 0.4) is 0 Å². The lowest BCUT2D eigenvalue weighted by atomic mass is 10.1. The van der Waals surface area contributed by atoms with Gasteiger partial charge in [-0.1, -0.05) is 25.0 Å². The molecular weight excluding hydrogens is 233 g/mol. The predicted octanol–water partition coefficient (Wildman–Crippen LogP) is 1.98. The Labute approximate surface area is 106 Å².